The lowest BCUT2D eigenvalue weighted by atomic mass is 10.2. The van der Waals surface area contributed by atoms with Gasteiger partial charge in [0.25, 0.3) is 0 Å². The van der Waals surface area contributed by atoms with Crippen LogP contribution in [-0.2, 0) is 16.4 Å². The summed E-state index contributed by atoms with van der Waals surface area (Å²) in [5.74, 6) is 0. The summed E-state index contributed by atoms with van der Waals surface area (Å²) >= 11 is 1.56. The number of rotatable bonds is 5. The second-order valence-electron chi connectivity index (χ2n) is 4.21. The standard InChI is InChI=1S/C14H13N3O2S2/c1-20-12-4-8-14(9-5-12)21(18,19)13-6-2-11(3-7-13)10-16-17-15/h2-9H,10H2,1H3. The summed E-state index contributed by atoms with van der Waals surface area (Å²) in [5, 5.41) is 3.44. The number of nitrogens with zero attached hydrogens (tertiary/aromatic N) is 3. The van der Waals surface area contributed by atoms with Crippen LogP contribution in [-0.4, -0.2) is 14.7 Å². The molecule has 0 aromatic heterocycles. The van der Waals surface area contributed by atoms with Gasteiger partial charge in [-0.05, 0) is 53.7 Å². The maximum absolute atomic E-state index is 12.5. The van der Waals surface area contributed by atoms with E-state index in [9.17, 15) is 8.42 Å². The smallest absolute Gasteiger partial charge is 0.206 e. The molecule has 2 aromatic rings. The molecule has 2 rings (SSSR count). The first kappa shape index (κ1) is 15.4. The highest BCUT2D eigenvalue weighted by Crippen LogP contribution is 2.23. The minimum atomic E-state index is -3.51. The van der Waals surface area contributed by atoms with Gasteiger partial charge in [0, 0.05) is 9.81 Å². The predicted octanol–water partition coefficient (Wildman–Crippen LogP) is 4.05. The molecule has 0 N–H and O–H groups in total. The number of hydrogen-bond donors (Lipinski definition) is 0. The number of sulfone groups is 1. The monoisotopic (exact) mass is 319 g/mol. The fourth-order valence-corrected chi connectivity index (χ4v) is 3.45. The molecule has 0 aliphatic rings. The zero-order valence-corrected chi connectivity index (χ0v) is 12.9. The largest absolute Gasteiger partial charge is 0.219 e. The van der Waals surface area contributed by atoms with Gasteiger partial charge in [0.15, 0.2) is 0 Å². The molecule has 0 aliphatic heterocycles. The van der Waals surface area contributed by atoms with Gasteiger partial charge in [0.1, 0.15) is 0 Å². The predicted molar refractivity (Wildman–Crippen MR) is 83.0 cm³/mol. The minimum Gasteiger partial charge on any atom is -0.219 e. The van der Waals surface area contributed by atoms with E-state index < -0.39 is 9.84 Å². The second kappa shape index (κ2) is 6.67. The number of azide groups is 1. The van der Waals surface area contributed by atoms with E-state index in [1.54, 1.807) is 48.2 Å². The molecule has 0 spiro atoms. The van der Waals surface area contributed by atoms with Gasteiger partial charge >= 0.3 is 0 Å². The van der Waals surface area contributed by atoms with E-state index in [0.29, 0.717) is 0 Å². The first-order valence-corrected chi connectivity index (χ1v) is 8.77. The highest BCUT2D eigenvalue weighted by molar-refractivity contribution is 7.98. The fraction of sp³-hybridized carbons (Fsp3) is 0.143. The number of hydrogen-bond acceptors (Lipinski definition) is 4. The summed E-state index contributed by atoms with van der Waals surface area (Å²) in [6.07, 6.45) is 1.94. The quantitative estimate of drug-likeness (QED) is 0.361. The third-order valence-corrected chi connectivity index (χ3v) is 5.45. The van der Waals surface area contributed by atoms with Crippen molar-refractivity contribution in [2.75, 3.05) is 6.26 Å². The molecule has 21 heavy (non-hydrogen) atoms. The maximum atomic E-state index is 12.5. The summed E-state index contributed by atoms with van der Waals surface area (Å²) < 4.78 is 24.9. The van der Waals surface area contributed by atoms with Gasteiger partial charge in [-0.1, -0.05) is 17.2 Å². The van der Waals surface area contributed by atoms with Crippen molar-refractivity contribution in [3.63, 3.8) is 0 Å². The van der Waals surface area contributed by atoms with Crippen LogP contribution in [0.5, 0.6) is 0 Å². The van der Waals surface area contributed by atoms with Crippen LogP contribution in [0.15, 0.2) is 68.3 Å². The molecule has 0 heterocycles. The van der Waals surface area contributed by atoms with E-state index >= 15 is 0 Å². The van der Waals surface area contributed by atoms with Crippen LogP contribution in [0, 0.1) is 0 Å². The third-order valence-electron chi connectivity index (χ3n) is 2.92. The van der Waals surface area contributed by atoms with Crippen LogP contribution in [0.2, 0.25) is 0 Å². The number of thioether (sulfide) groups is 1. The van der Waals surface area contributed by atoms with Crippen LogP contribution >= 0.6 is 11.8 Å². The lowest BCUT2D eigenvalue weighted by molar-refractivity contribution is 0.596. The third kappa shape index (κ3) is 3.58. The summed E-state index contributed by atoms with van der Waals surface area (Å²) in [6.45, 7) is 0.208. The number of benzene rings is 2. The average molecular weight is 319 g/mol. The van der Waals surface area contributed by atoms with Crippen molar-refractivity contribution in [2.45, 2.75) is 21.2 Å². The zero-order chi connectivity index (χ0) is 15.3. The SMILES string of the molecule is CSc1ccc(S(=O)(=O)c2ccc(CN=[N+]=[N-])cc2)cc1. The Morgan fingerprint density at radius 2 is 1.57 bits per heavy atom. The highest BCUT2D eigenvalue weighted by atomic mass is 32.2. The van der Waals surface area contributed by atoms with Gasteiger partial charge in [-0.25, -0.2) is 8.42 Å². The molecule has 0 fully saturated rings. The average Bonchev–Trinajstić information content (AvgIpc) is 2.53. The Labute approximate surface area is 127 Å². The van der Waals surface area contributed by atoms with Gasteiger partial charge < -0.3 is 0 Å². The van der Waals surface area contributed by atoms with Gasteiger partial charge in [-0.15, -0.1) is 11.8 Å². The normalized spacial score (nSPS) is 10.9. The molecular weight excluding hydrogens is 306 g/mol. The van der Waals surface area contributed by atoms with E-state index in [2.05, 4.69) is 10.0 Å². The molecule has 2 aromatic carbocycles. The van der Waals surface area contributed by atoms with Crippen molar-refractivity contribution in [2.24, 2.45) is 5.11 Å². The first-order valence-electron chi connectivity index (χ1n) is 6.07. The summed E-state index contributed by atoms with van der Waals surface area (Å²) in [4.78, 5) is 4.18. The van der Waals surface area contributed by atoms with Gasteiger partial charge in [-0.3, -0.25) is 0 Å². The molecule has 0 aliphatic carbocycles. The van der Waals surface area contributed by atoms with Crippen LogP contribution in [0.4, 0.5) is 0 Å². The van der Waals surface area contributed by atoms with E-state index in [-0.39, 0.29) is 16.3 Å². The van der Waals surface area contributed by atoms with Crippen molar-refractivity contribution >= 4 is 21.6 Å². The Hall–Kier alpha value is -1.95. The zero-order valence-electron chi connectivity index (χ0n) is 11.3. The van der Waals surface area contributed by atoms with Crippen LogP contribution < -0.4 is 0 Å². The van der Waals surface area contributed by atoms with Gasteiger partial charge in [0.05, 0.1) is 16.3 Å². The van der Waals surface area contributed by atoms with Crippen LogP contribution in [0.25, 0.3) is 10.4 Å². The molecule has 7 heteroatoms. The Morgan fingerprint density at radius 3 is 2.05 bits per heavy atom. The maximum Gasteiger partial charge on any atom is 0.206 e. The molecule has 0 radical (unpaired) electrons. The van der Waals surface area contributed by atoms with E-state index in [1.165, 1.54) is 12.1 Å². The lowest BCUT2D eigenvalue weighted by Gasteiger charge is -2.06. The molecule has 5 nitrogen and oxygen atoms in total. The highest BCUT2D eigenvalue weighted by Gasteiger charge is 2.17. The van der Waals surface area contributed by atoms with Gasteiger partial charge in [0.2, 0.25) is 9.84 Å². The van der Waals surface area contributed by atoms with Crippen LogP contribution in [0.3, 0.4) is 0 Å². The van der Waals surface area contributed by atoms with E-state index in [1.807, 2.05) is 6.26 Å². The summed E-state index contributed by atoms with van der Waals surface area (Å²) in [6, 6.07) is 13.1. The topological polar surface area (TPSA) is 82.9 Å². The van der Waals surface area contributed by atoms with E-state index in [4.69, 9.17) is 5.53 Å². The minimum absolute atomic E-state index is 0.208. The first-order chi connectivity index (χ1) is 10.1. The molecule has 0 unspecified atom stereocenters. The molecule has 0 saturated carbocycles. The Kier molecular flexibility index (Phi) is 4.90. The lowest BCUT2D eigenvalue weighted by Crippen LogP contribution is -2.01. The van der Waals surface area contributed by atoms with Crippen molar-refractivity contribution < 1.29 is 8.42 Å². The fourth-order valence-electron chi connectivity index (χ4n) is 1.78. The van der Waals surface area contributed by atoms with Crippen LogP contribution in [0.1, 0.15) is 5.56 Å². The molecule has 108 valence electrons. The molecule has 0 saturated heterocycles. The summed E-state index contributed by atoms with van der Waals surface area (Å²) in [5.41, 5.74) is 9.03. The van der Waals surface area contributed by atoms with Crippen molar-refractivity contribution in [3.8, 4) is 0 Å². The Balaban J connectivity index is 2.31. The Morgan fingerprint density at radius 1 is 1.05 bits per heavy atom. The molecular formula is C14H13N3O2S2. The summed E-state index contributed by atoms with van der Waals surface area (Å²) in [7, 11) is -3.51. The molecule has 0 atom stereocenters. The van der Waals surface area contributed by atoms with Crippen molar-refractivity contribution in [1.82, 2.24) is 0 Å². The second-order valence-corrected chi connectivity index (χ2v) is 7.04. The van der Waals surface area contributed by atoms with Gasteiger partial charge in [-0.2, -0.15) is 0 Å². The van der Waals surface area contributed by atoms with E-state index in [0.717, 1.165) is 10.5 Å². The molecule has 0 bridgehead atoms. The van der Waals surface area contributed by atoms with Crippen molar-refractivity contribution in [3.05, 3.63) is 64.5 Å². The Bertz CT molecular complexity index is 763. The van der Waals surface area contributed by atoms with Crippen molar-refractivity contribution in [1.29, 1.82) is 0 Å². The molecule has 0 amide bonds.